The standard InChI is InChI=1S/C8H6N4O.C3H8.C2H6O/c13-8-11-5-3-10-7-4(1-2-9-7)6(5)12-8;2*1-3-2/h1-3H,(H,9,10)(H2,11,12,13);3H2,1-2H3;1-2H3. The first-order chi connectivity index (χ1) is 9.17. The Bertz CT molecular complexity index is 664. The smallest absolute Gasteiger partial charge is 0.323 e. The second-order valence-corrected chi connectivity index (χ2v) is 3.98. The maximum atomic E-state index is 11.0. The molecule has 0 aliphatic heterocycles. The summed E-state index contributed by atoms with van der Waals surface area (Å²) in [6.45, 7) is 4.25. The summed E-state index contributed by atoms with van der Waals surface area (Å²) in [5, 5.41) is 0.927. The molecule has 3 heterocycles. The molecule has 3 rings (SSSR count). The van der Waals surface area contributed by atoms with Crippen molar-refractivity contribution >= 4 is 22.1 Å². The number of ether oxygens (including phenoxy) is 1. The number of aromatic nitrogens is 4. The Hall–Kier alpha value is -2.08. The summed E-state index contributed by atoms with van der Waals surface area (Å²) in [5.74, 6) is 0. The molecule has 3 aromatic heterocycles. The fourth-order valence-corrected chi connectivity index (χ4v) is 1.50. The predicted octanol–water partition coefficient (Wildman–Crippen LogP) is 2.41. The van der Waals surface area contributed by atoms with E-state index in [2.05, 4.69) is 38.5 Å². The molecule has 0 unspecified atom stereocenters. The van der Waals surface area contributed by atoms with Gasteiger partial charge in [0.05, 0.1) is 17.2 Å². The summed E-state index contributed by atoms with van der Waals surface area (Å²) in [7, 11) is 3.25. The van der Waals surface area contributed by atoms with E-state index >= 15 is 0 Å². The van der Waals surface area contributed by atoms with Crippen LogP contribution in [0.2, 0.25) is 0 Å². The minimum Gasteiger partial charge on any atom is -0.388 e. The normalized spacial score (nSPS) is 9.68. The van der Waals surface area contributed by atoms with Crippen LogP contribution in [-0.4, -0.2) is 34.2 Å². The molecule has 104 valence electrons. The summed E-state index contributed by atoms with van der Waals surface area (Å²) in [4.78, 5) is 23.5. The summed E-state index contributed by atoms with van der Waals surface area (Å²) in [6, 6.07) is 1.88. The van der Waals surface area contributed by atoms with Crippen molar-refractivity contribution in [3.05, 3.63) is 28.9 Å². The van der Waals surface area contributed by atoms with E-state index in [1.807, 2.05) is 6.07 Å². The molecule has 0 saturated heterocycles. The molecule has 0 bridgehead atoms. The highest BCUT2D eigenvalue weighted by Crippen LogP contribution is 2.17. The van der Waals surface area contributed by atoms with Crippen molar-refractivity contribution in [2.75, 3.05) is 14.2 Å². The van der Waals surface area contributed by atoms with Gasteiger partial charge in [-0.3, -0.25) is 0 Å². The molecule has 3 aromatic rings. The first-order valence-electron chi connectivity index (χ1n) is 6.12. The highest BCUT2D eigenvalue weighted by molar-refractivity contribution is 6.00. The zero-order chi connectivity index (χ0) is 14.3. The molecule has 0 aliphatic carbocycles. The largest absolute Gasteiger partial charge is 0.388 e. The lowest BCUT2D eigenvalue weighted by atomic mass is 10.3. The van der Waals surface area contributed by atoms with Crippen molar-refractivity contribution in [3.8, 4) is 0 Å². The van der Waals surface area contributed by atoms with Crippen LogP contribution in [0.15, 0.2) is 23.3 Å². The van der Waals surface area contributed by atoms with Gasteiger partial charge in [0.25, 0.3) is 0 Å². The van der Waals surface area contributed by atoms with Crippen LogP contribution in [0.3, 0.4) is 0 Å². The molecule has 0 atom stereocenters. The number of rotatable bonds is 0. The summed E-state index contributed by atoms with van der Waals surface area (Å²) < 4.78 is 4.25. The van der Waals surface area contributed by atoms with E-state index in [0.29, 0.717) is 0 Å². The van der Waals surface area contributed by atoms with E-state index in [1.165, 1.54) is 6.42 Å². The number of nitrogens with zero attached hydrogens (tertiary/aromatic N) is 1. The minimum absolute atomic E-state index is 0.203. The van der Waals surface area contributed by atoms with E-state index in [-0.39, 0.29) is 5.69 Å². The molecule has 0 spiro atoms. The van der Waals surface area contributed by atoms with Crippen LogP contribution in [0.1, 0.15) is 20.3 Å². The lowest BCUT2D eigenvalue weighted by Gasteiger charge is -1.89. The van der Waals surface area contributed by atoms with Gasteiger partial charge in [-0.05, 0) is 6.07 Å². The zero-order valence-corrected chi connectivity index (χ0v) is 11.7. The highest BCUT2D eigenvalue weighted by Gasteiger charge is 2.04. The first kappa shape index (κ1) is 15.0. The van der Waals surface area contributed by atoms with Gasteiger partial charge in [0, 0.05) is 25.8 Å². The number of methoxy groups -OCH3 is 1. The van der Waals surface area contributed by atoms with Gasteiger partial charge in [-0.2, -0.15) is 0 Å². The van der Waals surface area contributed by atoms with Gasteiger partial charge >= 0.3 is 5.69 Å². The number of fused-ring (bicyclic) bond motifs is 3. The second-order valence-electron chi connectivity index (χ2n) is 3.98. The minimum atomic E-state index is -0.203. The van der Waals surface area contributed by atoms with Gasteiger partial charge in [-0.1, -0.05) is 20.3 Å². The van der Waals surface area contributed by atoms with Gasteiger partial charge in [-0.15, -0.1) is 0 Å². The lowest BCUT2D eigenvalue weighted by molar-refractivity contribution is 0.277. The number of pyridine rings is 1. The highest BCUT2D eigenvalue weighted by atomic mass is 16.4. The number of nitrogens with one attached hydrogen (secondary N) is 3. The molecule has 6 heteroatoms. The van der Waals surface area contributed by atoms with Crippen molar-refractivity contribution in [2.45, 2.75) is 20.3 Å². The van der Waals surface area contributed by atoms with Crippen molar-refractivity contribution in [1.29, 1.82) is 0 Å². The van der Waals surface area contributed by atoms with Crippen molar-refractivity contribution < 1.29 is 4.74 Å². The molecule has 0 aliphatic rings. The maximum Gasteiger partial charge on any atom is 0.323 e. The van der Waals surface area contributed by atoms with E-state index in [0.717, 1.165) is 22.1 Å². The van der Waals surface area contributed by atoms with Crippen molar-refractivity contribution in [1.82, 2.24) is 19.9 Å². The second kappa shape index (κ2) is 7.38. The van der Waals surface area contributed by atoms with Crippen LogP contribution >= 0.6 is 0 Å². The van der Waals surface area contributed by atoms with Crippen LogP contribution < -0.4 is 5.69 Å². The first-order valence-corrected chi connectivity index (χ1v) is 6.12. The van der Waals surface area contributed by atoms with Crippen LogP contribution in [0.25, 0.3) is 22.1 Å². The Labute approximate surface area is 111 Å². The third-order valence-electron chi connectivity index (χ3n) is 2.07. The number of H-pyrrole nitrogens is 3. The van der Waals surface area contributed by atoms with E-state index < -0.39 is 0 Å². The third-order valence-corrected chi connectivity index (χ3v) is 2.07. The average Bonchev–Trinajstić information content (AvgIpc) is 2.94. The number of hydrogen-bond donors (Lipinski definition) is 3. The quantitative estimate of drug-likeness (QED) is 0.582. The molecule has 0 amide bonds. The summed E-state index contributed by atoms with van der Waals surface area (Å²) in [6.07, 6.45) is 4.68. The van der Waals surface area contributed by atoms with Crippen LogP contribution in [0.4, 0.5) is 0 Å². The fourth-order valence-electron chi connectivity index (χ4n) is 1.50. The Balaban J connectivity index is 0.000000261. The number of aromatic amines is 3. The number of hydrogen-bond acceptors (Lipinski definition) is 3. The Kier molecular flexibility index (Phi) is 5.81. The molecule has 3 N–H and O–H groups in total. The van der Waals surface area contributed by atoms with E-state index in [1.54, 1.807) is 26.6 Å². The van der Waals surface area contributed by atoms with E-state index in [4.69, 9.17) is 0 Å². The Morgan fingerprint density at radius 2 is 1.89 bits per heavy atom. The molecule has 0 radical (unpaired) electrons. The van der Waals surface area contributed by atoms with Crippen LogP contribution in [-0.2, 0) is 4.74 Å². The van der Waals surface area contributed by atoms with E-state index in [9.17, 15) is 4.79 Å². The SMILES string of the molecule is CCC.COC.O=c1[nH]c2cnc3[nH]ccc3c2[nH]1. The van der Waals surface area contributed by atoms with Crippen molar-refractivity contribution in [3.63, 3.8) is 0 Å². The Morgan fingerprint density at radius 3 is 2.53 bits per heavy atom. The van der Waals surface area contributed by atoms with Gasteiger partial charge in [-0.25, -0.2) is 9.78 Å². The molecule has 19 heavy (non-hydrogen) atoms. The summed E-state index contributed by atoms with van der Waals surface area (Å²) >= 11 is 0. The zero-order valence-electron chi connectivity index (χ0n) is 11.7. The molecule has 0 aromatic carbocycles. The third kappa shape index (κ3) is 3.69. The molecule has 0 saturated carbocycles. The average molecular weight is 264 g/mol. The molecular weight excluding hydrogens is 244 g/mol. The lowest BCUT2D eigenvalue weighted by Crippen LogP contribution is -1.99. The fraction of sp³-hybridized carbons (Fsp3) is 0.385. The van der Waals surface area contributed by atoms with Gasteiger partial charge in [0.2, 0.25) is 0 Å². The van der Waals surface area contributed by atoms with Gasteiger partial charge in [0.1, 0.15) is 5.65 Å². The van der Waals surface area contributed by atoms with Gasteiger partial charge < -0.3 is 19.7 Å². The molecular formula is C13H20N4O2. The van der Waals surface area contributed by atoms with Gasteiger partial charge in [0.15, 0.2) is 0 Å². The summed E-state index contributed by atoms with van der Waals surface area (Å²) in [5.41, 5.74) is 2.11. The molecule has 6 nitrogen and oxygen atoms in total. The molecule has 0 fully saturated rings. The van der Waals surface area contributed by atoms with Crippen LogP contribution in [0, 0.1) is 0 Å². The Morgan fingerprint density at radius 1 is 1.26 bits per heavy atom. The van der Waals surface area contributed by atoms with Crippen molar-refractivity contribution in [2.24, 2.45) is 0 Å². The number of imidazole rings is 1. The monoisotopic (exact) mass is 264 g/mol. The van der Waals surface area contributed by atoms with Crippen LogP contribution in [0.5, 0.6) is 0 Å². The maximum absolute atomic E-state index is 11.0. The topological polar surface area (TPSA) is 86.6 Å². The predicted molar refractivity (Wildman–Crippen MR) is 77.5 cm³/mol.